The maximum Gasteiger partial charge on any atom is 0.225 e. The number of likely N-dealkylation sites (tertiary alicyclic amines) is 1. The highest BCUT2D eigenvalue weighted by Crippen LogP contribution is 2.40. The summed E-state index contributed by atoms with van der Waals surface area (Å²) in [5.74, 6) is 0.189. The van der Waals surface area contributed by atoms with Gasteiger partial charge in [-0.25, -0.2) is 0 Å². The number of hydrogen-bond donors (Lipinski definition) is 0. The van der Waals surface area contributed by atoms with Crippen LogP contribution < -0.4 is 0 Å². The molecule has 1 aliphatic rings. The molecular weight excluding hydrogens is 314 g/mol. The summed E-state index contributed by atoms with van der Waals surface area (Å²) in [5.41, 5.74) is 1.16. The summed E-state index contributed by atoms with van der Waals surface area (Å²) in [7, 11) is -1.91. The first-order chi connectivity index (χ1) is 11.2. The van der Waals surface area contributed by atoms with Crippen LogP contribution in [0, 0.1) is 0 Å². The maximum atomic E-state index is 12.6. The summed E-state index contributed by atoms with van der Waals surface area (Å²) >= 11 is 0. The van der Waals surface area contributed by atoms with Gasteiger partial charge < -0.3 is 9.33 Å². The standard InChI is InChI=1S/C20H31NO2Si/c1-7-11-17-18(23-24(5,6)20(2,3)4)14-19(22)21(17)15-16-12-9-8-10-13-16/h7-10,12-13,17-18H,1,11,14-15H2,2-6H3/t17?,18-/m0/s1. The average molecular weight is 346 g/mol. The second kappa shape index (κ2) is 7.24. The van der Waals surface area contributed by atoms with Crippen LogP contribution >= 0.6 is 0 Å². The summed E-state index contributed by atoms with van der Waals surface area (Å²) in [6.45, 7) is 15.8. The molecule has 1 unspecified atom stereocenters. The summed E-state index contributed by atoms with van der Waals surface area (Å²) < 4.78 is 6.60. The molecule has 2 rings (SSSR count). The SMILES string of the molecule is C=CCC1[C@@H](O[Si](C)(C)C(C)(C)C)CC(=O)N1Cc1ccccc1. The van der Waals surface area contributed by atoms with Gasteiger partial charge in [-0.1, -0.05) is 57.2 Å². The Kier molecular flexibility index (Phi) is 5.71. The predicted octanol–water partition coefficient (Wildman–Crippen LogP) is 4.75. The molecule has 132 valence electrons. The van der Waals surface area contributed by atoms with Crippen LogP contribution in [0.5, 0.6) is 0 Å². The molecule has 0 radical (unpaired) electrons. The molecule has 24 heavy (non-hydrogen) atoms. The van der Waals surface area contributed by atoms with E-state index in [2.05, 4.69) is 52.6 Å². The van der Waals surface area contributed by atoms with E-state index in [4.69, 9.17) is 4.43 Å². The van der Waals surface area contributed by atoms with Gasteiger partial charge in [0, 0.05) is 6.54 Å². The smallest absolute Gasteiger partial charge is 0.225 e. The number of hydrogen-bond acceptors (Lipinski definition) is 2. The van der Waals surface area contributed by atoms with Crippen LogP contribution in [0.2, 0.25) is 18.1 Å². The van der Waals surface area contributed by atoms with E-state index in [-0.39, 0.29) is 23.1 Å². The number of benzene rings is 1. The Morgan fingerprint density at radius 3 is 2.46 bits per heavy atom. The van der Waals surface area contributed by atoms with Gasteiger partial charge in [0.2, 0.25) is 5.91 Å². The van der Waals surface area contributed by atoms with Crippen molar-refractivity contribution < 1.29 is 9.22 Å². The van der Waals surface area contributed by atoms with Gasteiger partial charge >= 0.3 is 0 Å². The van der Waals surface area contributed by atoms with Crippen molar-refractivity contribution in [3.8, 4) is 0 Å². The number of amides is 1. The average Bonchev–Trinajstić information content (AvgIpc) is 2.75. The molecule has 1 amide bonds. The van der Waals surface area contributed by atoms with E-state index in [0.29, 0.717) is 13.0 Å². The zero-order chi connectivity index (χ0) is 18.0. The van der Waals surface area contributed by atoms with Crippen molar-refractivity contribution in [3.05, 3.63) is 48.6 Å². The molecule has 0 N–H and O–H groups in total. The van der Waals surface area contributed by atoms with Crippen LogP contribution in [0.3, 0.4) is 0 Å². The van der Waals surface area contributed by atoms with Crippen LogP contribution in [0.15, 0.2) is 43.0 Å². The summed E-state index contributed by atoms with van der Waals surface area (Å²) in [4.78, 5) is 14.6. The number of carbonyl (C=O) groups excluding carboxylic acids is 1. The van der Waals surface area contributed by atoms with Gasteiger partial charge in [-0.05, 0) is 30.1 Å². The van der Waals surface area contributed by atoms with Gasteiger partial charge in [-0.15, -0.1) is 6.58 Å². The minimum absolute atomic E-state index is 0.0277. The molecule has 1 fully saturated rings. The van der Waals surface area contributed by atoms with Gasteiger partial charge in [0.1, 0.15) is 0 Å². The van der Waals surface area contributed by atoms with E-state index in [0.717, 1.165) is 12.0 Å². The Morgan fingerprint density at radius 1 is 1.29 bits per heavy atom. The Hall–Kier alpha value is -1.39. The summed E-state index contributed by atoms with van der Waals surface area (Å²) in [6.07, 6.45) is 3.14. The van der Waals surface area contributed by atoms with Crippen molar-refractivity contribution in [2.45, 2.75) is 70.4 Å². The fraction of sp³-hybridized carbons (Fsp3) is 0.550. The molecule has 0 aromatic heterocycles. The fourth-order valence-corrected chi connectivity index (χ4v) is 4.27. The van der Waals surface area contributed by atoms with Gasteiger partial charge in [-0.3, -0.25) is 4.79 Å². The van der Waals surface area contributed by atoms with Crippen molar-refractivity contribution in [2.24, 2.45) is 0 Å². The zero-order valence-corrected chi connectivity index (χ0v) is 16.7. The van der Waals surface area contributed by atoms with Crippen LogP contribution in [-0.4, -0.2) is 31.3 Å². The number of carbonyl (C=O) groups is 1. The lowest BCUT2D eigenvalue weighted by Crippen LogP contribution is -2.47. The molecule has 1 heterocycles. The second-order valence-electron chi connectivity index (χ2n) is 8.22. The largest absolute Gasteiger partial charge is 0.411 e. The normalized spacial score (nSPS) is 22.0. The Bertz CT molecular complexity index is 577. The van der Waals surface area contributed by atoms with Gasteiger partial charge in [-0.2, -0.15) is 0 Å². The van der Waals surface area contributed by atoms with Crippen molar-refractivity contribution >= 4 is 14.2 Å². The van der Waals surface area contributed by atoms with E-state index >= 15 is 0 Å². The first kappa shape index (κ1) is 18.9. The van der Waals surface area contributed by atoms with Crippen LogP contribution in [0.4, 0.5) is 0 Å². The third-order valence-corrected chi connectivity index (χ3v) is 9.89. The second-order valence-corrected chi connectivity index (χ2v) is 13.0. The van der Waals surface area contributed by atoms with Crippen LogP contribution in [-0.2, 0) is 15.8 Å². The molecule has 2 atom stereocenters. The van der Waals surface area contributed by atoms with E-state index in [1.165, 1.54) is 0 Å². The van der Waals surface area contributed by atoms with E-state index < -0.39 is 8.32 Å². The fourth-order valence-electron chi connectivity index (χ4n) is 2.92. The minimum atomic E-state index is -1.91. The number of nitrogens with zero attached hydrogens (tertiary/aromatic N) is 1. The Labute approximate surface area is 147 Å². The summed E-state index contributed by atoms with van der Waals surface area (Å²) in [5, 5.41) is 0.141. The first-order valence-electron chi connectivity index (χ1n) is 8.78. The van der Waals surface area contributed by atoms with Crippen molar-refractivity contribution in [3.63, 3.8) is 0 Å². The maximum absolute atomic E-state index is 12.6. The molecular formula is C20H31NO2Si. The lowest BCUT2D eigenvalue weighted by molar-refractivity contribution is -0.129. The highest BCUT2D eigenvalue weighted by Gasteiger charge is 2.46. The molecule has 0 aliphatic carbocycles. The highest BCUT2D eigenvalue weighted by molar-refractivity contribution is 6.74. The predicted molar refractivity (Wildman–Crippen MR) is 102 cm³/mol. The molecule has 0 spiro atoms. The summed E-state index contributed by atoms with van der Waals surface area (Å²) in [6, 6.07) is 10.3. The molecule has 0 saturated carbocycles. The zero-order valence-electron chi connectivity index (χ0n) is 15.7. The lowest BCUT2D eigenvalue weighted by Gasteiger charge is -2.40. The Morgan fingerprint density at radius 2 is 1.92 bits per heavy atom. The van der Waals surface area contributed by atoms with Gasteiger partial charge in [0.05, 0.1) is 18.6 Å². The van der Waals surface area contributed by atoms with Gasteiger partial charge in [0.15, 0.2) is 8.32 Å². The molecule has 1 aliphatic heterocycles. The lowest BCUT2D eigenvalue weighted by atomic mass is 10.1. The van der Waals surface area contributed by atoms with Crippen molar-refractivity contribution in [1.82, 2.24) is 4.90 Å². The highest BCUT2D eigenvalue weighted by atomic mass is 28.4. The van der Waals surface area contributed by atoms with E-state index in [1.807, 2.05) is 29.2 Å². The third kappa shape index (κ3) is 4.17. The van der Waals surface area contributed by atoms with Crippen molar-refractivity contribution in [2.75, 3.05) is 0 Å². The molecule has 3 nitrogen and oxygen atoms in total. The molecule has 1 saturated heterocycles. The molecule has 1 aromatic rings. The minimum Gasteiger partial charge on any atom is -0.411 e. The topological polar surface area (TPSA) is 29.5 Å². The molecule has 0 bridgehead atoms. The van der Waals surface area contributed by atoms with Crippen LogP contribution in [0.25, 0.3) is 0 Å². The van der Waals surface area contributed by atoms with Crippen molar-refractivity contribution in [1.29, 1.82) is 0 Å². The van der Waals surface area contributed by atoms with Gasteiger partial charge in [0.25, 0.3) is 0 Å². The monoisotopic (exact) mass is 345 g/mol. The van der Waals surface area contributed by atoms with Crippen LogP contribution in [0.1, 0.15) is 39.2 Å². The third-order valence-electron chi connectivity index (χ3n) is 5.38. The first-order valence-corrected chi connectivity index (χ1v) is 11.7. The number of rotatable bonds is 6. The molecule has 4 heteroatoms. The van der Waals surface area contributed by atoms with E-state index in [9.17, 15) is 4.79 Å². The quantitative estimate of drug-likeness (QED) is 0.550. The molecule has 1 aromatic carbocycles. The Balaban J connectivity index is 2.19. The van der Waals surface area contributed by atoms with E-state index in [1.54, 1.807) is 0 Å².